The molecule has 0 atom stereocenters. The molecule has 0 radical (unpaired) electrons. The third-order valence-electron chi connectivity index (χ3n) is 2.34. The fraction of sp³-hybridized carbons (Fsp3) is 0.0769. The van der Waals surface area contributed by atoms with Crippen molar-refractivity contribution < 1.29 is 4.79 Å². The van der Waals surface area contributed by atoms with E-state index >= 15 is 0 Å². The van der Waals surface area contributed by atoms with Crippen LogP contribution in [0.2, 0.25) is 0 Å². The monoisotopic (exact) mass is 299 g/mol. The zero-order valence-corrected chi connectivity index (χ0v) is 11.9. The van der Waals surface area contributed by atoms with Crippen molar-refractivity contribution in [3.05, 3.63) is 53.7 Å². The van der Waals surface area contributed by atoms with E-state index in [2.05, 4.69) is 10.3 Å². The predicted molar refractivity (Wildman–Crippen MR) is 82.3 cm³/mol. The number of carbonyl (C=O) groups excluding carboxylic acids is 1. The van der Waals surface area contributed by atoms with Crippen LogP contribution in [0.5, 0.6) is 0 Å². The van der Waals surface area contributed by atoms with E-state index < -0.39 is 0 Å². The second kappa shape index (κ2) is 7.61. The molecule has 0 aliphatic carbocycles. The molecular weight excluding hydrogens is 285 g/mol. The van der Waals surface area contributed by atoms with Crippen LogP contribution < -0.4 is 11.1 Å². The first kappa shape index (κ1) is 17.2. The lowest BCUT2D eigenvalue weighted by atomic mass is 10.1. The van der Waals surface area contributed by atoms with Crippen molar-refractivity contribution in [3.63, 3.8) is 0 Å². The van der Waals surface area contributed by atoms with Crippen LogP contribution in [-0.4, -0.2) is 10.9 Å². The van der Waals surface area contributed by atoms with Crippen molar-refractivity contribution in [3.8, 4) is 0 Å². The number of hydrogen-bond donors (Lipinski definition) is 2. The maximum Gasteiger partial charge on any atom is 0.258 e. The van der Waals surface area contributed by atoms with Crippen molar-refractivity contribution in [1.29, 1.82) is 0 Å². The van der Waals surface area contributed by atoms with Crippen LogP contribution >= 0.6 is 24.8 Å². The molecule has 0 saturated heterocycles. The molecule has 19 heavy (non-hydrogen) atoms. The van der Waals surface area contributed by atoms with Gasteiger partial charge >= 0.3 is 0 Å². The normalized spacial score (nSPS) is 8.89. The number of benzene rings is 1. The number of halogens is 2. The van der Waals surface area contributed by atoms with Crippen LogP contribution in [0.3, 0.4) is 0 Å². The number of nitrogens with one attached hydrogen (secondary N) is 1. The van der Waals surface area contributed by atoms with Crippen molar-refractivity contribution >= 4 is 42.2 Å². The first-order valence-electron chi connectivity index (χ1n) is 5.26. The van der Waals surface area contributed by atoms with Crippen LogP contribution in [-0.2, 0) is 0 Å². The lowest BCUT2D eigenvalue weighted by Crippen LogP contribution is -2.14. The van der Waals surface area contributed by atoms with E-state index in [1.807, 2.05) is 19.1 Å². The van der Waals surface area contributed by atoms with Gasteiger partial charge in [0.25, 0.3) is 5.91 Å². The third-order valence-corrected chi connectivity index (χ3v) is 2.34. The quantitative estimate of drug-likeness (QED) is 0.838. The Hall–Kier alpha value is -1.78. The van der Waals surface area contributed by atoms with Gasteiger partial charge in [0.1, 0.15) is 5.82 Å². The minimum Gasteiger partial charge on any atom is -0.398 e. The van der Waals surface area contributed by atoms with E-state index in [-0.39, 0.29) is 30.7 Å². The van der Waals surface area contributed by atoms with Gasteiger partial charge in [-0.05, 0) is 31.2 Å². The number of nitrogens with zero attached hydrogens (tertiary/aromatic N) is 1. The fourth-order valence-corrected chi connectivity index (χ4v) is 1.50. The summed E-state index contributed by atoms with van der Waals surface area (Å²) >= 11 is 0. The van der Waals surface area contributed by atoms with Gasteiger partial charge in [-0.2, -0.15) is 0 Å². The summed E-state index contributed by atoms with van der Waals surface area (Å²) in [4.78, 5) is 16.1. The van der Waals surface area contributed by atoms with E-state index in [0.717, 1.165) is 5.69 Å². The molecule has 1 aromatic heterocycles. The molecule has 3 N–H and O–H groups in total. The second-order valence-corrected chi connectivity index (χ2v) is 3.71. The largest absolute Gasteiger partial charge is 0.398 e. The van der Waals surface area contributed by atoms with Crippen molar-refractivity contribution in [2.24, 2.45) is 0 Å². The molecule has 2 rings (SSSR count). The Bertz CT molecular complexity index is 561. The molecule has 0 bridgehead atoms. The molecule has 1 amide bonds. The number of para-hydroxylation sites is 1. The number of anilines is 2. The summed E-state index contributed by atoms with van der Waals surface area (Å²) in [5, 5.41) is 2.71. The molecule has 1 heterocycles. The Balaban J connectivity index is 0.00000162. The maximum absolute atomic E-state index is 11.9. The molecule has 0 unspecified atom stereocenters. The summed E-state index contributed by atoms with van der Waals surface area (Å²) in [6, 6.07) is 12.4. The van der Waals surface area contributed by atoms with Crippen molar-refractivity contribution in [2.75, 3.05) is 11.1 Å². The van der Waals surface area contributed by atoms with E-state index in [9.17, 15) is 4.79 Å². The zero-order chi connectivity index (χ0) is 12.3. The molecule has 0 spiro atoms. The number of hydrogen-bond acceptors (Lipinski definition) is 3. The van der Waals surface area contributed by atoms with Gasteiger partial charge in [-0.25, -0.2) is 4.98 Å². The number of nitrogens with two attached hydrogens (primary N) is 1. The fourth-order valence-electron chi connectivity index (χ4n) is 1.50. The van der Waals surface area contributed by atoms with Gasteiger partial charge in [-0.1, -0.05) is 18.2 Å². The summed E-state index contributed by atoms with van der Waals surface area (Å²) in [5.41, 5.74) is 7.49. The minimum atomic E-state index is -0.249. The van der Waals surface area contributed by atoms with Gasteiger partial charge < -0.3 is 11.1 Å². The average Bonchev–Trinajstić information content (AvgIpc) is 2.29. The number of nitrogen functional groups attached to an aromatic ring is 1. The summed E-state index contributed by atoms with van der Waals surface area (Å²) in [7, 11) is 0. The maximum atomic E-state index is 11.9. The lowest BCUT2D eigenvalue weighted by molar-refractivity contribution is 0.102. The average molecular weight is 300 g/mol. The highest BCUT2D eigenvalue weighted by atomic mass is 35.5. The van der Waals surface area contributed by atoms with Crippen molar-refractivity contribution in [2.45, 2.75) is 6.92 Å². The zero-order valence-electron chi connectivity index (χ0n) is 10.3. The Morgan fingerprint density at radius 3 is 2.42 bits per heavy atom. The number of aromatic nitrogens is 1. The minimum absolute atomic E-state index is 0. The summed E-state index contributed by atoms with van der Waals surface area (Å²) in [6.07, 6.45) is 0. The Morgan fingerprint density at radius 2 is 1.79 bits per heavy atom. The molecule has 102 valence electrons. The van der Waals surface area contributed by atoms with E-state index in [1.54, 1.807) is 30.3 Å². The first-order chi connectivity index (χ1) is 8.16. The SMILES string of the molecule is Cc1cccc(NC(=O)c2ccccc2N)n1.Cl.Cl. The summed E-state index contributed by atoms with van der Waals surface area (Å²) < 4.78 is 0. The number of amides is 1. The van der Waals surface area contributed by atoms with Gasteiger partial charge in [0.2, 0.25) is 0 Å². The van der Waals surface area contributed by atoms with Gasteiger partial charge in [-0.15, -0.1) is 24.8 Å². The Kier molecular flexibility index (Phi) is 6.90. The topological polar surface area (TPSA) is 68.0 Å². The van der Waals surface area contributed by atoms with Crippen LogP contribution in [0.1, 0.15) is 16.1 Å². The molecule has 0 aliphatic rings. The molecule has 0 aliphatic heterocycles. The van der Waals surface area contributed by atoms with Crippen LogP contribution in [0, 0.1) is 6.92 Å². The molecule has 0 saturated carbocycles. The molecule has 1 aromatic carbocycles. The van der Waals surface area contributed by atoms with E-state index in [1.165, 1.54) is 0 Å². The molecular formula is C13H15Cl2N3O. The highest BCUT2D eigenvalue weighted by molar-refractivity contribution is 6.07. The molecule has 0 fully saturated rings. The smallest absolute Gasteiger partial charge is 0.258 e. The van der Waals surface area contributed by atoms with Crippen LogP contribution in [0.25, 0.3) is 0 Å². The third kappa shape index (κ3) is 4.43. The van der Waals surface area contributed by atoms with Crippen molar-refractivity contribution in [1.82, 2.24) is 4.98 Å². The second-order valence-electron chi connectivity index (χ2n) is 3.71. The van der Waals surface area contributed by atoms with Gasteiger partial charge in [0, 0.05) is 11.4 Å². The van der Waals surface area contributed by atoms with Gasteiger partial charge in [-0.3, -0.25) is 4.79 Å². The highest BCUT2D eigenvalue weighted by Crippen LogP contribution is 2.13. The van der Waals surface area contributed by atoms with Crippen LogP contribution in [0.15, 0.2) is 42.5 Å². The van der Waals surface area contributed by atoms with Gasteiger partial charge in [0.05, 0.1) is 5.56 Å². The molecule has 2 aromatic rings. The number of rotatable bonds is 2. The standard InChI is InChI=1S/C13H13N3O.2ClH/c1-9-5-4-8-12(15-9)16-13(17)10-6-2-3-7-11(10)14;;/h2-8H,14H2,1H3,(H,15,16,17);2*1H. The van der Waals surface area contributed by atoms with E-state index in [4.69, 9.17) is 5.73 Å². The lowest BCUT2D eigenvalue weighted by Gasteiger charge is -2.06. The molecule has 4 nitrogen and oxygen atoms in total. The number of carbonyl (C=O) groups is 1. The number of aryl methyl sites for hydroxylation is 1. The summed E-state index contributed by atoms with van der Waals surface area (Å²) in [5.74, 6) is 0.277. The summed E-state index contributed by atoms with van der Waals surface area (Å²) in [6.45, 7) is 1.87. The number of pyridine rings is 1. The van der Waals surface area contributed by atoms with Gasteiger partial charge in [0.15, 0.2) is 0 Å². The highest BCUT2D eigenvalue weighted by Gasteiger charge is 2.09. The predicted octanol–water partition coefficient (Wildman–Crippen LogP) is 3.07. The Labute approximate surface area is 124 Å². The first-order valence-corrected chi connectivity index (χ1v) is 5.26. The van der Waals surface area contributed by atoms with E-state index in [0.29, 0.717) is 17.1 Å². The Morgan fingerprint density at radius 1 is 1.11 bits per heavy atom. The van der Waals surface area contributed by atoms with Crippen LogP contribution in [0.4, 0.5) is 11.5 Å². The molecule has 6 heteroatoms.